The summed E-state index contributed by atoms with van der Waals surface area (Å²) in [6, 6.07) is 32.8. The van der Waals surface area contributed by atoms with Crippen LogP contribution in [0.3, 0.4) is 0 Å². The molecule has 0 amide bonds. The van der Waals surface area contributed by atoms with Gasteiger partial charge in [-0.25, -0.2) is 0 Å². The van der Waals surface area contributed by atoms with E-state index < -0.39 is 0 Å². The molecule has 27 heavy (non-hydrogen) atoms. The van der Waals surface area contributed by atoms with E-state index in [9.17, 15) is 0 Å². The van der Waals surface area contributed by atoms with Crippen molar-refractivity contribution in [3.8, 4) is 11.1 Å². The number of benzene rings is 3. The third kappa shape index (κ3) is 5.97. The molecule has 0 radical (unpaired) electrons. The van der Waals surface area contributed by atoms with Gasteiger partial charge < -0.3 is 24.8 Å². The predicted octanol–water partition coefficient (Wildman–Crippen LogP) is 0.424. The molecule has 0 atom stereocenters. The first kappa shape index (κ1) is 25.5. The quantitative estimate of drug-likeness (QED) is 0.147. The van der Waals surface area contributed by atoms with Crippen molar-refractivity contribution in [3.63, 3.8) is 0 Å². The van der Waals surface area contributed by atoms with Crippen LogP contribution in [-0.4, -0.2) is 0 Å². The van der Waals surface area contributed by atoms with Gasteiger partial charge in [-0.2, -0.15) is 47.3 Å². The van der Waals surface area contributed by atoms with Gasteiger partial charge >= 0.3 is 25.8 Å². The van der Waals surface area contributed by atoms with Crippen molar-refractivity contribution in [1.29, 1.82) is 0 Å². The van der Waals surface area contributed by atoms with E-state index in [1.807, 2.05) is 6.07 Å². The molecule has 1 aliphatic carbocycles. The minimum absolute atomic E-state index is 0. The Morgan fingerprint density at radius 1 is 0.778 bits per heavy atom. The number of hydrogen-bond acceptors (Lipinski definition) is 0. The zero-order valence-electron chi connectivity index (χ0n) is 15.0. The average molecular weight is 558 g/mol. The van der Waals surface area contributed by atoms with E-state index in [1.165, 1.54) is 33.0 Å². The Morgan fingerprint density at radius 3 is 2.22 bits per heavy atom. The van der Waals surface area contributed by atoms with Gasteiger partial charge in [0.25, 0.3) is 0 Å². The number of rotatable bonds is 0. The zero-order chi connectivity index (χ0) is 16.8. The first-order valence-corrected chi connectivity index (χ1v) is 8.10. The summed E-state index contributed by atoms with van der Waals surface area (Å²) in [5.74, 6) is 0. The number of fused-ring (bicyclic) bond motifs is 4. The second-order valence-corrected chi connectivity index (χ2v) is 5.55. The standard InChI is InChI=1S/C13H9.C9H7.C2H4.2ClH.Hf/c1-3-7-12-10(5-1)9-11-6-2-4-8-13(11)12;1-2-5-9-7-3-6-8(9)4-1;1-2;;;/h1-5,7-8H,9H2;1-7H;1-2H2;2*1H;/q2*-1;;;;+4/p-2. The molecule has 0 saturated carbocycles. The Hall–Kier alpha value is -1.54. The Labute approximate surface area is 193 Å². The summed E-state index contributed by atoms with van der Waals surface area (Å²) in [4.78, 5) is 0. The second kappa shape index (κ2) is 12.8. The first-order valence-electron chi connectivity index (χ1n) is 8.10. The van der Waals surface area contributed by atoms with Crippen LogP contribution >= 0.6 is 0 Å². The minimum Gasteiger partial charge on any atom is -1.00 e. The first-order chi connectivity index (χ1) is 11.9. The van der Waals surface area contributed by atoms with Crippen LogP contribution in [0.5, 0.6) is 0 Å². The van der Waals surface area contributed by atoms with Gasteiger partial charge in [-0.05, 0) is 6.42 Å². The van der Waals surface area contributed by atoms with Crippen LogP contribution < -0.4 is 24.8 Å². The van der Waals surface area contributed by atoms with Crippen molar-refractivity contribution in [3.05, 3.63) is 115 Å². The zero-order valence-corrected chi connectivity index (χ0v) is 20.1. The molecule has 0 bridgehead atoms. The SMILES string of the molecule is C=C.[Cl-].[Cl-].[Hf+4].[c-]1cccc2c1Cc1ccccc1-2.c1ccc2[cH-]ccc2c1. The van der Waals surface area contributed by atoms with Gasteiger partial charge in [0.1, 0.15) is 0 Å². The Balaban J connectivity index is 0.000000433. The molecule has 0 spiro atoms. The van der Waals surface area contributed by atoms with E-state index in [2.05, 4.69) is 98.1 Å². The van der Waals surface area contributed by atoms with E-state index in [0.717, 1.165) is 6.42 Å². The van der Waals surface area contributed by atoms with Gasteiger partial charge in [0.2, 0.25) is 0 Å². The number of halogens is 2. The maximum absolute atomic E-state index is 3.30. The fourth-order valence-electron chi connectivity index (χ4n) is 3.07. The predicted molar refractivity (Wildman–Crippen MR) is 104 cm³/mol. The molecule has 0 aromatic heterocycles. The Morgan fingerprint density at radius 2 is 1.44 bits per heavy atom. The summed E-state index contributed by atoms with van der Waals surface area (Å²) in [7, 11) is 0. The monoisotopic (exact) mass is 558 g/mol. The average Bonchev–Trinajstić information content (AvgIpc) is 3.28. The van der Waals surface area contributed by atoms with Crippen molar-refractivity contribution in [1.82, 2.24) is 0 Å². The van der Waals surface area contributed by atoms with Gasteiger partial charge in [0, 0.05) is 0 Å². The van der Waals surface area contributed by atoms with Crippen LogP contribution in [0.1, 0.15) is 11.1 Å². The topological polar surface area (TPSA) is 0 Å². The largest absolute Gasteiger partial charge is 4.00 e. The molecule has 3 heteroatoms. The van der Waals surface area contributed by atoms with Crippen LogP contribution in [0, 0.1) is 6.07 Å². The van der Waals surface area contributed by atoms with Crippen LogP contribution in [0.4, 0.5) is 0 Å². The van der Waals surface area contributed by atoms with Crippen LogP contribution in [0.25, 0.3) is 21.9 Å². The summed E-state index contributed by atoms with van der Waals surface area (Å²) in [5, 5.41) is 2.66. The maximum atomic E-state index is 3.30. The molecule has 4 aromatic rings. The van der Waals surface area contributed by atoms with Crippen LogP contribution in [-0.2, 0) is 32.3 Å². The summed E-state index contributed by atoms with van der Waals surface area (Å²) in [6.45, 7) is 6.00. The fraction of sp³-hybridized carbons (Fsp3) is 0.0417. The van der Waals surface area contributed by atoms with E-state index >= 15 is 0 Å². The molecule has 0 nitrogen and oxygen atoms in total. The van der Waals surface area contributed by atoms with Crippen LogP contribution in [0.2, 0.25) is 0 Å². The van der Waals surface area contributed by atoms with Crippen LogP contribution in [0.15, 0.2) is 98.1 Å². The summed E-state index contributed by atoms with van der Waals surface area (Å²) < 4.78 is 0. The fourth-order valence-corrected chi connectivity index (χ4v) is 3.07. The van der Waals surface area contributed by atoms with E-state index in [4.69, 9.17) is 0 Å². The molecule has 0 fully saturated rings. The second-order valence-electron chi connectivity index (χ2n) is 5.55. The van der Waals surface area contributed by atoms with Crippen molar-refractivity contribution in [2.24, 2.45) is 0 Å². The molecule has 0 saturated heterocycles. The third-order valence-electron chi connectivity index (χ3n) is 4.16. The smallest absolute Gasteiger partial charge is 1.00 e. The van der Waals surface area contributed by atoms with Gasteiger partial charge in [0.15, 0.2) is 0 Å². The van der Waals surface area contributed by atoms with Gasteiger partial charge in [-0.1, -0.05) is 41.5 Å². The summed E-state index contributed by atoms with van der Waals surface area (Å²) in [5.41, 5.74) is 5.51. The molecule has 0 heterocycles. The van der Waals surface area contributed by atoms with Crippen molar-refractivity contribution < 1.29 is 50.7 Å². The maximum Gasteiger partial charge on any atom is 4.00 e. The molecule has 1 aliphatic rings. The molecular formula is C24H20Cl2Hf. The molecule has 0 N–H and O–H groups in total. The van der Waals surface area contributed by atoms with Gasteiger partial charge in [0.05, 0.1) is 0 Å². The van der Waals surface area contributed by atoms with E-state index in [-0.39, 0.29) is 50.7 Å². The van der Waals surface area contributed by atoms with Crippen molar-refractivity contribution >= 4 is 10.8 Å². The summed E-state index contributed by atoms with van der Waals surface area (Å²) in [6.07, 6.45) is 1.05. The minimum atomic E-state index is 0. The van der Waals surface area contributed by atoms with E-state index in [1.54, 1.807) is 0 Å². The molecule has 5 rings (SSSR count). The molecule has 0 unspecified atom stereocenters. The normalized spacial score (nSPS) is 9.48. The molecule has 0 aliphatic heterocycles. The Kier molecular flexibility index (Phi) is 12.0. The summed E-state index contributed by atoms with van der Waals surface area (Å²) >= 11 is 0. The van der Waals surface area contributed by atoms with Crippen molar-refractivity contribution in [2.45, 2.75) is 6.42 Å². The van der Waals surface area contributed by atoms with E-state index in [0.29, 0.717) is 0 Å². The number of hydrogen-bond donors (Lipinski definition) is 0. The Bertz CT molecular complexity index is 870. The molecule has 134 valence electrons. The molecule has 4 aromatic carbocycles. The molecular weight excluding hydrogens is 538 g/mol. The third-order valence-corrected chi connectivity index (χ3v) is 4.16. The van der Waals surface area contributed by atoms with Gasteiger partial charge in [-0.15, -0.1) is 48.4 Å². The van der Waals surface area contributed by atoms with Crippen molar-refractivity contribution in [2.75, 3.05) is 0 Å². The van der Waals surface area contributed by atoms with Gasteiger partial charge in [-0.3, -0.25) is 0 Å².